The van der Waals surface area contributed by atoms with Gasteiger partial charge in [-0.1, -0.05) is 35.9 Å². The number of hydrogen-bond acceptors (Lipinski definition) is 2. The van der Waals surface area contributed by atoms with Crippen LogP contribution < -0.4 is 4.31 Å². The Morgan fingerprint density at radius 2 is 1.90 bits per heavy atom. The first-order chi connectivity index (χ1) is 9.91. The van der Waals surface area contributed by atoms with Gasteiger partial charge in [-0.3, -0.25) is 4.31 Å². The number of rotatable bonds is 2. The Labute approximate surface area is 130 Å². The van der Waals surface area contributed by atoms with Crippen molar-refractivity contribution in [2.75, 3.05) is 10.8 Å². The lowest BCUT2D eigenvalue weighted by Crippen LogP contribution is -2.29. The predicted molar refractivity (Wildman–Crippen MR) is 85.6 cm³/mol. The van der Waals surface area contributed by atoms with Gasteiger partial charge < -0.3 is 0 Å². The molecule has 5 heteroatoms. The molecule has 2 aromatic carbocycles. The molecule has 0 spiro atoms. The van der Waals surface area contributed by atoms with Gasteiger partial charge >= 0.3 is 0 Å². The summed E-state index contributed by atoms with van der Waals surface area (Å²) in [7, 11) is -3.62. The van der Waals surface area contributed by atoms with Crippen molar-refractivity contribution in [1.29, 1.82) is 0 Å². The zero-order chi connectivity index (χ0) is 15.2. The van der Waals surface area contributed by atoms with Crippen LogP contribution >= 0.6 is 11.6 Å². The summed E-state index contributed by atoms with van der Waals surface area (Å²) >= 11 is 6.15. The van der Waals surface area contributed by atoms with Gasteiger partial charge in [-0.05, 0) is 49.1 Å². The maximum absolute atomic E-state index is 12.9. The van der Waals surface area contributed by atoms with E-state index in [0.29, 0.717) is 6.54 Å². The number of sulfonamides is 1. The smallest absolute Gasteiger partial charge is 0.265 e. The van der Waals surface area contributed by atoms with Crippen LogP contribution in [0.15, 0.2) is 41.3 Å². The second-order valence-corrected chi connectivity index (χ2v) is 7.58. The van der Waals surface area contributed by atoms with Crippen LogP contribution in [0.3, 0.4) is 0 Å². The van der Waals surface area contributed by atoms with E-state index in [-0.39, 0.29) is 9.92 Å². The minimum Gasteiger partial charge on any atom is -0.265 e. The van der Waals surface area contributed by atoms with Crippen LogP contribution in [0.2, 0.25) is 5.02 Å². The normalized spacial score (nSPS) is 14.3. The topological polar surface area (TPSA) is 37.4 Å². The van der Waals surface area contributed by atoms with Crippen LogP contribution in [0.5, 0.6) is 0 Å². The highest BCUT2D eigenvalue weighted by molar-refractivity contribution is 7.93. The summed E-state index contributed by atoms with van der Waals surface area (Å²) in [5, 5.41) is 0.275. The molecule has 1 aliphatic heterocycles. The molecule has 0 fully saturated rings. The number of nitrogens with zero attached hydrogens (tertiary/aromatic N) is 1. The monoisotopic (exact) mass is 321 g/mol. The summed E-state index contributed by atoms with van der Waals surface area (Å²) in [6.07, 6.45) is 0.736. The number of benzene rings is 2. The molecule has 0 aliphatic carbocycles. The largest absolute Gasteiger partial charge is 0.265 e. The first-order valence-electron chi connectivity index (χ1n) is 6.78. The zero-order valence-corrected chi connectivity index (χ0v) is 13.5. The maximum atomic E-state index is 12.9. The van der Waals surface area contributed by atoms with E-state index < -0.39 is 10.0 Å². The van der Waals surface area contributed by atoms with E-state index in [2.05, 4.69) is 0 Å². The molecule has 0 saturated heterocycles. The van der Waals surface area contributed by atoms with Gasteiger partial charge in [-0.2, -0.15) is 0 Å². The number of aryl methyl sites for hydroxylation is 2. The maximum Gasteiger partial charge on any atom is 0.265 e. The van der Waals surface area contributed by atoms with E-state index in [1.807, 2.05) is 32.0 Å². The van der Waals surface area contributed by atoms with Crippen LogP contribution in [0.4, 0.5) is 5.69 Å². The highest BCUT2D eigenvalue weighted by atomic mass is 35.5. The Morgan fingerprint density at radius 3 is 2.62 bits per heavy atom. The lowest BCUT2D eigenvalue weighted by molar-refractivity contribution is 0.592. The van der Waals surface area contributed by atoms with Crippen molar-refractivity contribution in [3.05, 3.63) is 58.1 Å². The molecular formula is C16H16ClNO2S. The highest BCUT2D eigenvalue weighted by Crippen LogP contribution is 2.37. The lowest BCUT2D eigenvalue weighted by atomic mass is 10.1. The third kappa shape index (κ3) is 2.32. The summed E-state index contributed by atoms with van der Waals surface area (Å²) in [5.41, 5.74) is 3.78. The summed E-state index contributed by atoms with van der Waals surface area (Å²) < 4.78 is 27.3. The Morgan fingerprint density at radius 1 is 1.14 bits per heavy atom. The van der Waals surface area contributed by atoms with Gasteiger partial charge in [0.05, 0.1) is 10.7 Å². The van der Waals surface area contributed by atoms with Gasteiger partial charge in [-0.15, -0.1) is 0 Å². The minimum absolute atomic E-state index is 0.172. The van der Waals surface area contributed by atoms with E-state index in [0.717, 1.165) is 28.8 Å². The molecular weight excluding hydrogens is 306 g/mol. The van der Waals surface area contributed by atoms with Crippen LogP contribution in [0.1, 0.15) is 16.7 Å². The molecule has 2 aromatic rings. The molecule has 0 radical (unpaired) electrons. The van der Waals surface area contributed by atoms with E-state index in [9.17, 15) is 8.42 Å². The molecule has 0 amide bonds. The fourth-order valence-corrected chi connectivity index (χ4v) is 4.93. The second kappa shape index (κ2) is 5.04. The minimum atomic E-state index is -3.62. The van der Waals surface area contributed by atoms with Crippen molar-refractivity contribution >= 4 is 27.3 Å². The molecule has 3 rings (SSSR count). The molecule has 0 unspecified atom stereocenters. The van der Waals surface area contributed by atoms with Crippen molar-refractivity contribution in [1.82, 2.24) is 0 Å². The van der Waals surface area contributed by atoms with Crippen LogP contribution in [0.25, 0.3) is 0 Å². The number of hydrogen-bond donors (Lipinski definition) is 0. The van der Waals surface area contributed by atoms with E-state index in [1.54, 1.807) is 18.2 Å². The van der Waals surface area contributed by atoms with Crippen molar-refractivity contribution in [2.45, 2.75) is 25.2 Å². The van der Waals surface area contributed by atoms with Crippen LogP contribution in [0, 0.1) is 13.8 Å². The van der Waals surface area contributed by atoms with Crippen LogP contribution in [-0.2, 0) is 16.4 Å². The van der Waals surface area contributed by atoms with E-state index >= 15 is 0 Å². The summed E-state index contributed by atoms with van der Waals surface area (Å²) in [5.74, 6) is 0. The number of fused-ring (bicyclic) bond motifs is 1. The van der Waals surface area contributed by atoms with Crippen LogP contribution in [-0.4, -0.2) is 15.0 Å². The van der Waals surface area contributed by atoms with Crippen molar-refractivity contribution < 1.29 is 8.42 Å². The summed E-state index contributed by atoms with van der Waals surface area (Å²) in [6, 6.07) is 10.9. The predicted octanol–water partition coefficient (Wildman–Crippen LogP) is 3.71. The molecule has 0 aromatic heterocycles. The van der Waals surface area contributed by atoms with Crippen molar-refractivity contribution in [3.63, 3.8) is 0 Å². The van der Waals surface area contributed by atoms with Gasteiger partial charge in [0, 0.05) is 6.54 Å². The van der Waals surface area contributed by atoms with Gasteiger partial charge in [0.2, 0.25) is 0 Å². The third-order valence-corrected chi connectivity index (χ3v) is 6.09. The number of para-hydroxylation sites is 1. The van der Waals surface area contributed by atoms with Gasteiger partial charge in [0.1, 0.15) is 4.90 Å². The van der Waals surface area contributed by atoms with E-state index in [4.69, 9.17) is 11.6 Å². The highest BCUT2D eigenvalue weighted by Gasteiger charge is 2.33. The average Bonchev–Trinajstić information content (AvgIpc) is 2.84. The Hall–Kier alpha value is -1.52. The fourth-order valence-electron chi connectivity index (χ4n) is 2.79. The number of halogens is 1. The summed E-state index contributed by atoms with van der Waals surface area (Å²) in [6.45, 7) is 4.29. The molecule has 3 nitrogen and oxygen atoms in total. The molecule has 1 heterocycles. The molecule has 0 atom stereocenters. The summed E-state index contributed by atoms with van der Waals surface area (Å²) in [4.78, 5) is 0.172. The average molecular weight is 322 g/mol. The molecule has 0 saturated carbocycles. The fraction of sp³-hybridized carbons (Fsp3) is 0.250. The quantitative estimate of drug-likeness (QED) is 0.845. The Bertz CT molecular complexity index is 815. The SMILES string of the molecule is Cc1ccc(S(=O)(=O)N2CCc3cccc(C)c32)c(Cl)c1. The van der Waals surface area contributed by atoms with Gasteiger partial charge in [-0.25, -0.2) is 8.42 Å². The van der Waals surface area contributed by atoms with Gasteiger partial charge in [0.15, 0.2) is 0 Å². The van der Waals surface area contributed by atoms with Crippen molar-refractivity contribution in [3.8, 4) is 0 Å². The third-order valence-electron chi connectivity index (χ3n) is 3.81. The zero-order valence-electron chi connectivity index (χ0n) is 11.9. The molecule has 1 aliphatic rings. The Balaban J connectivity index is 2.14. The number of anilines is 1. The second-order valence-electron chi connectivity index (χ2n) is 5.34. The first-order valence-corrected chi connectivity index (χ1v) is 8.60. The van der Waals surface area contributed by atoms with Gasteiger partial charge in [0.25, 0.3) is 10.0 Å². The molecule has 21 heavy (non-hydrogen) atoms. The molecule has 0 bridgehead atoms. The molecule has 0 N–H and O–H groups in total. The van der Waals surface area contributed by atoms with E-state index in [1.165, 1.54) is 4.31 Å². The first kappa shape index (κ1) is 14.4. The standard InChI is InChI=1S/C16H16ClNO2S/c1-11-6-7-15(14(17)10-11)21(19,20)18-9-8-13-5-3-4-12(2)16(13)18/h3-7,10H,8-9H2,1-2H3. The van der Waals surface area contributed by atoms with Crippen molar-refractivity contribution in [2.24, 2.45) is 0 Å². The molecule has 110 valence electrons. The Kier molecular flexibility index (Phi) is 3.46. The lowest BCUT2D eigenvalue weighted by Gasteiger charge is -2.22.